The zero-order valence-corrected chi connectivity index (χ0v) is 13.9. The minimum atomic E-state index is -0.431. The number of likely N-dealkylation sites (tertiary alicyclic amines) is 1. The molecule has 1 fully saturated rings. The Morgan fingerprint density at radius 1 is 1.48 bits per heavy atom. The third-order valence-electron chi connectivity index (χ3n) is 3.56. The summed E-state index contributed by atoms with van der Waals surface area (Å²) < 4.78 is 5.86. The van der Waals surface area contributed by atoms with E-state index in [0.29, 0.717) is 18.1 Å². The van der Waals surface area contributed by atoms with Gasteiger partial charge >= 0.3 is 0 Å². The second kappa shape index (κ2) is 7.87. The van der Waals surface area contributed by atoms with Crippen molar-refractivity contribution in [3.05, 3.63) is 29.3 Å². The van der Waals surface area contributed by atoms with E-state index in [1.165, 1.54) is 0 Å². The summed E-state index contributed by atoms with van der Waals surface area (Å²) in [5.41, 5.74) is 5.91. The molecule has 0 aromatic heterocycles. The Morgan fingerprint density at radius 3 is 2.81 bits per heavy atom. The second-order valence-corrected chi connectivity index (χ2v) is 5.98. The van der Waals surface area contributed by atoms with Crippen molar-refractivity contribution in [1.82, 2.24) is 4.90 Å². The molecule has 1 unspecified atom stereocenters. The molecule has 1 aliphatic rings. The van der Waals surface area contributed by atoms with Crippen LogP contribution in [0.5, 0.6) is 5.75 Å². The summed E-state index contributed by atoms with van der Waals surface area (Å²) in [6.07, 6.45) is 0.833. The zero-order chi connectivity index (χ0) is 14.7. The Bertz CT molecular complexity index is 482. The minimum absolute atomic E-state index is 0. The number of benzene rings is 1. The van der Waals surface area contributed by atoms with Gasteiger partial charge in [0, 0.05) is 18.0 Å². The van der Waals surface area contributed by atoms with Crippen molar-refractivity contribution in [2.45, 2.75) is 32.4 Å². The molecule has 1 saturated heterocycles. The first-order valence-electron chi connectivity index (χ1n) is 6.94. The average molecular weight is 333 g/mol. The summed E-state index contributed by atoms with van der Waals surface area (Å²) in [6, 6.07) is 6.88. The second-order valence-electron chi connectivity index (χ2n) is 5.54. The first-order valence-corrected chi connectivity index (χ1v) is 7.31. The van der Waals surface area contributed by atoms with Gasteiger partial charge in [-0.25, -0.2) is 0 Å². The smallest absolute Gasteiger partial charge is 0.239 e. The van der Waals surface area contributed by atoms with E-state index in [9.17, 15) is 4.79 Å². The number of carbonyl (C=O) groups excluding carboxylic acids is 1. The fraction of sp³-hybridized carbons (Fsp3) is 0.533. The molecule has 1 amide bonds. The molecule has 2 N–H and O–H groups in total. The number of carbonyl (C=O) groups is 1. The van der Waals surface area contributed by atoms with E-state index in [4.69, 9.17) is 22.1 Å². The summed E-state index contributed by atoms with van der Waals surface area (Å²) in [7, 11) is 0. The Morgan fingerprint density at radius 2 is 2.19 bits per heavy atom. The van der Waals surface area contributed by atoms with Crippen LogP contribution in [-0.4, -0.2) is 36.0 Å². The van der Waals surface area contributed by atoms with Crippen LogP contribution in [0.25, 0.3) is 0 Å². The van der Waals surface area contributed by atoms with Crippen LogP contribution in [0.3, 0.4) is 0 Å². The molecule has 1 aromatic rings. The molecule has 0 bridgehead atoms. The quantitative estimate of drug-likeness (QED) is 0.922. The molecule has 4 nitrogen and oxygen atoms in total. The van der Waals surface area contributed by atoms with Crippen molar-refractivity contribution < 1.29 is 9.53 Å². The van der Waals surface area contributed by atoms with Gasteiger partial charge in [-0.3, -0.25) is 4.79 Å². The first kappa shape index (κ1) is 18.1. The molecule has 2 rings (SSSR count). The highest BCUT2D eigenvalue weighted by molar-refractivity contribution is 6.30. The highest BCUT2D eigenvalue weighted by Gasteiger charge is 2.31. The summed E-state index contributed by atoms with van der Waals surface area (Å²) in [4.78, 5) is 14.0. The van der Waals surface area contributed by atoms with Gasteiger partial charge in [0.1, 0.15) is 11.9 Å². The fourth-order valence-electron chi connectivity index (χ4n) is 2.25. The largest absolute Gasteiger partial charge is 0.488 e. The van der Waals surface area contributed by atoms with E-state index in [0.717, 1.165) is 12.2 Å². The summed E-state index contributed by atoms with van der Waals surface area (Å²) >= 11 is 5.92. The van der Waals surface area contributed by atoms with Gasteiger partial charge in [0.15, 0.2) is 0 Å². The van der Waals surface area contributed by atoms with Gasteiger partial charge in [-0.15, -0.1) is 12.4 Å². The predicted molar refractivity (Wildman–Crippen MR) is 87.1 cm³/mol. The van der Waals surface area contributed by atoms with Crippen molar-refractivity contribution in [3.63, 3.8) is 0 Å². The normalized spacial score (nSPS) is 19.3. The Labute approximate surface area is 137 Å². The lowest BCUT2D eigenvalue weighted by molar-refractivity contribution is -0.132. The van der Waals surface area contributed by atoms with Gasteiger partial charge < -0.3 is 15.4 Å². The number of rotatable bonds is 4. The number of halogens is 2. The topological polar surface area (TPSA) is 55.6 Å². The molecular formula is C15H22Cl2N2O2. The molecular weight excluding hydrogens is 311 g/mol. The molecule has 21 heavy (non-hydrogen) atoms. The number of ether oxygens (including phenoxy) is 1. The van der Waals surface area contributed by atoms with Crippen LogP contribution in [0, 0.1) is 5.92 Å². The summed E-state index contributed by atoms with van der Waals surface area (Å²) in [5, 5.41) is 0.648. The van der Waals surface area contributed by atoms with Crippen molar-refractivity contribution in [2.24, 2.45) is 11.7 Å². The summed E-state index contributed by atoms with van der Waals surface area (Å²) in [6.45, 7) is 5.20. The Hall–Kier alpha value is -0.970. The van der Waals surface area contributed by atoms with Crippen LogP contribution in [0.1, 0.15) is 20.3 Å². The lowest BCUT2D eigenvalue weighted by Crippen LogP contribution is -2.46. The maximum absolute atomic E-state index is 12.2. The first-order chi connectivity index (χ1) is 9.47. The van der Waals surface area contributed by atoms with Crippen LogP contribution in [0.15, 0.2) is 24.3 Å². The zero-order valence-electron chi connectivity index (χ0n) is 12.3. The molecule has 0 radical (unpaired) electrons. The van der Waals surface area contributed by atoms with E-state index in [2.05, 4.69) is 0 Å². The van der Waals surface area contributed by atoms with Crippen LogP contribution in [0.2, 0.25) is 5.02 Å². The van der Waals surface area contributed by atoms with E-state index >= 15 is 0 Å². The van der Waals surface area contributed by atoms with Crippen molar-refractivity contribution in [3.8, 4) is 5.75 Å². The molecule has 1 aromatic carbocycles. The highest BCUT2D eigenvalue weighted by Crippen LogP contribution is 2.22. The number of hydrogen-bond donors (Lipinski definition) is 1. The maximum atomic E-state index is 12.2. The van der Waals surface area contributed by atoms with Crippen LogP contribution in [0.4, 0.5) is 0 Å². The third kappa shape index (κ3) is 4.77. The van der Waals surface area contributed by atoms with Crippen molar-refractivity contribution in [2.75, 3.05) is 13.1 Å². The Balaban J connectivity index is 0.00000220. The number of nitrogens with zero attached hydrogens (tertiary/aromatic N) is 1. The van der Waals surface area contributed by atoms with Gasteiger partial charge in [-0.05, 0) is 24.1 Å². The van der Waals surface area contributed by atoms with E-state index in [1.54, 1.807) is 17.0 Å². The monoisotopic (exact) mass is 332 g/mol. The minimum Gasteiger partial charge on any atom is -0.488 e. The fourth-order valence-corrected chi connectivity index (χ4v) is 2.43. The van der Waals surface area contributed by atoms with Crippen LogP contribution < -0.4 is 10.5 Å². The van der Waals surface area contributed by atoms with Gasteiger partial charge in [-0.1, -0.05) is 31.5 Å². The maximum Gasteiger partial charge on any atom is 0.239 e. The molecule has 118 valence electrons. The van der Waals surface area contributed by atoms with Gasteiger partial charge in [-0.2, -0.15) is 0 Å². The van der Waals surface area contributed by atoms with E-state index < -0.39 is 6.04 Å². The predicted octanol–water partition coefficient (Wildman–Crippen LogP) is 2.72. The lowest BCUT2D eigenvalue weighted by atomic mass is 10.0. The number of hydrogen-bond acceptors (Lipinski definition) is 3. The van der Waals surface area contributed by atoms with Crippen LogP contribution >= 0.6 is 24.0 Å². The van der Waals surface area contributed by atoms with Gasteiger partial charge in [0.25, 0.3) is 0 Å². The molecule has 2 atom stereocenters. The standard InChI is InChI=1S/C15H21ClN2O2.ClH/c1-10(2)14(17)15(19)18-7-6-13(9-18)20-12-5-3-4-11(16)8-12;/h3-5,8,10,13-14H,6-7,9,17H2,1-2H3;1H/t13?,14-;/m0./s1. The SMILES string of the molecule is CC(C)[C@H](N)C(=O)N1CCC(Oc2cccc(Cl)c2)C1.Cl. The number of amides is 1. The summed E-state index contributed by atoms with van der Waals surface area (Å²) in [5.74, 6) is 0.901. The average Bonchev–Trinajstić information content (AvgIpc) is 2.85. The molecule has 0 spiro atoms. The lowest BCUT2D eigenvalue weighted by Gasteiger charge is -2.23. The van der Waals surface area contributed by atoms with Gasteiger partial charge in [0.05, 0.1) is 12.6 Å². The Kier molecular flexibility index (Phi) is 6.78. The van der Waals surface area contributed by atoms with Gasteiger partial charge in [0.2, 0.25) is 5.91 Å². The molecule has 0 saturated carbocycles. The van der Waals surface area contributed by atoms with Crippen molar-refractivity contribution >= 4 is 29.9 Å². The van der Waals surface area contributed by atoms with Crippen LogP contribution in [-0.2, 0) is 4.79 Å². The molecule has 1 aliphatic heterocycles. The van der Waals surface area contributed by atoms with E-state index in [1.807, 2.05) is 26.0 Å². The molecule has 1 heterocycles. The number of nitrogens with two attached hydrogens (primary N) is 1. The molecule has 6 heteroatoms. The van der Waals surface area contributed by atoms with E-state index in [-0.39, 0.29) is 30.3 Å². The molecule has 0 aliphatic carbocycles. The highest BCUT2D eigenvalue weighted by atomic mass is 35.5. The third-order valence-corrected chi connectivity index (χ3v) is 3.79. The van der Waals surface area contributed by atoms with Crippen molar-refractivity contribution in [1.29, 1.82) is 0 Å².